The molecule has 0 N–H and O–H groups in total. The Bertz CT molecular complexity index is 367. The first kappa shape index (κ1) is 11.1. The third kappa shape index (κ3) is 2.72. The van der Waals surface area contributed by atoms with Crippen molar-refractivity contribution in [3.63, 3.8) is 0 Å². The Labute approximate surface area is 103 Å². The zero-order valence-electron chi connectivity index (χ0n) is 7.16. The molecule has 0 saturated carbocycles. The van der Waals surface area contributed by atoms with Gasteiger partial charge in [-0.3, -0.25) is 0 Å². The third-order valence-corrected chi connectivity index (χ3v) is 4.23. The summed E-state index contributed by atoms with van der Waals surface area (Å²) >= 11 is 0. The molecule has 0 aliphatic carbocycles. The highest BCUT2D eigenvalue weighted by molar-refractivity contribution is 7.70. The fourth-order valence-corrected chi connectivity index (χ4v) is 3.24. The van der Waals surface area contributed by atoms with Crippen LogP contribution in [-0.2, 0) is 0 Å². The second-order valence-electron chi connectivity index (χ2n) is 2.65. The van der Waals surface area contributed by atoms with Gasteiger partial charge in [-0.1, -0.05) is 18.2 Å². The third-order valence-electron chi connectivity index (χ3n) is 1.66. The largest absolute Gasteiger partial charge is 1.00 e. The minimum absolute atomic E-state index is 0. The number of aryl methyl sites for hydroxylation is 1. The van der Waals surface area contributed by atoms with Gasteiger partial charge in [0.1, 0.15) is 0 Å². The van der Waals surface area contributed by atoms with Crippen molar-refractivity contribution in [2.45, 2.75) is 6.92 Å². The van der Waals surface area contributed by atoms with E-state index in [0.29, 0.717) is 0 Å². The van der Waals surface area contributed by atoms with Crippen molar-refractivity contribution >= 4 is 20.7 Å². The number of rotatable bonds is 1. The minimum atomic E-state index is 0. The van der Waals surface area contributed by atoms with Gasteiger partial charge in [0, 0.05) is 11.6 Å². The highest BCUT2D eigenvalue weighted by Crippen LogP contribution is 2.30. The van der Waals surface area contributed by atoms with Crippen molar-refractivity contribution in [3.05, 3.63) is 41.3 Å². The van der Waals surface area contributed by atoms with Crippen molar-refractivity contribution in [3.8, 4) is 10.4 Å². The summed E-state index contributed by atoms with van der Waals surface area (Å²) < 4.78 is 0. The molecule has 0 fully saturated rings. The van der Waals surface area contributed by atoms with Crippen LogP contribution < -0.4 is 24.0 Å². The Balaban J connectivity index is 0.000000845. The van der Waals surface area contributed by atoms with Crippen LogP contribution in [0, 0.1) is 6.92 Å². The molecule has 1 aromatic heterocycles. The second-order valence-corrected chi connectivity index (χ2v) is 5.07. The van der Waals surface area contributed by atoms with E-state index in [2.05, 4.69) is 37.3 Å². The molecule has 0 saturated heterocycles. The maximum Gasteiger partial charge on any atom is 0.300 e. The second kappa shape index (κ2) is 5.02. The topological polar surface area (TPSA) is 0 Å². The average Bonchev–Trinajstić information content (AvgIpc) is 2.54. The van der Waals surface area contributed by atoms with E-state index in [1.165, 1.54) is 15.3 Å². The van der Waals surface area contributed by atoms with E-state index in [-0.39, 0.29) is 24.0 Å². The van der Waals surface area contributed by atoms with E-state index < -0.39 is 0 Å². The highest BCUT2D eigenvalue weighted by Gasteiger charge is 2.12. The summed E-state index contributed by atoms with van der Waals surface area (Å²) in [6, 6.07) is 12.7. The van der Waals surface area contributed by atoms with Gasteiger partial charge >= 0.3 is 10.3 Å². The molecule has 68 valence electrons. The fraction of sp³-hybridized carbons (Fsp3) is 0.100. The van der Waals surface area contributed by atoms with Crippen LogP contribution in [0.15, 0.2) is 36.4 Å². The van der Waals surface area contributed by atoms with Gasteiger partial charge < -0.3 is 24.0 Å². The van der Waals surface area contributed by atoms with Gasteiger partial charge in [0.25, 0.3) is 4.88 Å². The van der Waals surface area contributed by atoms with Crippen LogP contribution in [0.4, 0.5) is 0 Å². The zero-order valence-corrected chi connectivity index (χ0v) is 10.9. The van der Waals surface area contributed by atoms with Crippen molar-refractivity contribution < 1.29 is 24.0 Å². The lowest BCUT2D eigenvalue weighted by atomic mass is 10.2. The molecule has 1 heterocycles. The lowest BCUT2D eigenvalue weighted by molar-refractivity contribution is -0.00000225. The highest BCUT2D eigenvalue weighted by atomic mass is 127. The number of hydrogen-bond acceptors (Lipinski definition) is 1. The molecule has 0 unspecified atom stereocenters. The van der Waals surface area contributed by atoms with E-state index in [1.54, 1.807) is 0 Å². The lowest BCUT2D eigenvalue weighted by Gasteiger charge is -1.85. The summed E-state index contributed by atoms with van der Waals surface area (Å²) in [5.41, 5.74) is 1.33. The Kier molecular flexibility index (Phi) is 4.28. The molecule has 0 radical (unpaired) electrons. The first-order chi connectivity index (χ1) is 5.86. The summed E-state index contributed by atoms with van der Waals surface area (Å²) in [5, 5.41) is 0. The van der Waals surface area contributed by atoms with Crippen LogP contribution in [0.2, 0.25) is 0 Å². The first-order valence-electron chi connectivity index (χ1n) is 3.81. The van der Waals surface area contributed by atoms with Crippen molar-refractivity contribution in [2.24, 2.45) is 0 Å². The van der Waals surface area contributed by atoms with Gasteiger partial charge in [-0.15, -0.1) is 0 Å². The van der Waals surface area contributed by atoms with Gasteiger partial charge in [-0.05, 0) is 19.1 Å². The van der Waals surface area contributed by atoms with Crippen molar-refractivity contribution in [1.29, 1.82) is 0 Å². The number of halogens is 1. The maximum atomic E-state index is 2.24. The molecule has 0 bridgehead atoms. The average molecular weight is 320 g/mol. The molecule has 0 atom stereocenters. The zero-order chi connectivity index (χ0) is 8.39. The Morgan fingerprint density at radius 1 is 1.15 bits per heavy atom. The molecular weight excluding hydrogens is 311 g/mol. The van der Waals surface area contributed by atoms with Gasteiger partial charge in [-0.25, -0.2) is 0 Å². The van der Waals surface area contributed by atoms with Crippen molar-refractivity contribution in [2.75, 3.05) is 0 Å². The monoisotopic (exact) mass is 320 g/mol. The van der Waals surface area contributed by atoms with Crippen molar-refractivity contribution in [1.82, 2.24) is 0 Å². The molecule has 0 aliphatic heterocycles. The molecule has 0 amide bonds. The van der Waals surface area contributed by atoms with E-state index >= 15 is 0 Å². The van der Waals surface area contributed by atoms with Gasteiger partial charge in [-0.2, -0.15) is 0 Å². The van der Waals surface area contributed by atoms with Crippen LogP contribution in [0.5, 0.6) is 0 Å². The summed E-state index contributed by atoms with van der Waals surface area (Å²) in [7, 11) is 3.69. The van der Waals surface area contributed by atoms with Crippen LogP contribution >= 0.6 is 20.7 Å². The predicted octanol–water partition coefficient (Wildman–Crippen LogP) is 1.07. The standard InChI is InChI=1S/C10H9S2.HI/c1-8-7-10(12-11-8)9-5-3-2-4-6-9;/h2-7H,1H3;1H/q+1;/p-1. The van der Waals surface area contributed by atoms with Crippen LogP contribution in [0.25, 0.3) is 10.4 Å². The molecule has 0 aliphatic rings. The quantitative estimate of drug-likeness (QED) is 0.419. The normalized spacial score (nSPS) is 9.31. The van der Waals surface area contributed by atoms with E-state index in [0.717, 1.165) is 0 Å². The van der Waals surface area contributed by atoms with E-state index in [9.17, 15) is 0 Å². The predicted molar refractivity (Wildman–Crippen MR) is 56.8 cm³/mol. The summed E-state index contributed by atoms with van der Waals surface area (Å²) in [6.07, 6.45) is 0. The van der Waals surface area contributed by atoms with Crippen LogP contribution in [-0.4, -0.2) is 0 Å². The summed E-state index contributed by atoms with van der Waals surface area (Å²) in [5.74, 6) is 0. The Morgan fingerprint density at radius 3 is 2.38 bits per heavy atom. The Hall–Kier alpha value is 0. The molecule has 2 rings (SSSR count). The van der Waals surface area contributed by atoms with Gasteiger partial charge in [0.05, 0.1) is 4.88 Å². The minimum Gasteiger partial charge on any atom is -1.00 e. The Morgan fingerprint density at radius 2 is 1.85 bits per heavy atom. The lowest BCUT2D eigenvalue weighted by Crippen LogP contribution is -3.00. The SMILES string of the molecule is Cc1cc(-c2ccccc2)[s+]s1.[I-]. The van der Waals surface area contributed by atoms with Gasteiger partial charge in [0.15, 0.2) is 10.3 Å². The maximum absolute atomic E-state index is 2.24. The molecule has 0 spiro atoms. The van der Waals surface area contributed by atoms with Gasteiger partial charge in [0.2, 0.25) is 0 Å². The van der Waals surface area contributed by atoms with E-state index in [4.69, 9.17) is 0 Å². The molecule has 3 heteroatoms. The molecule has 13 heavy (non-hydrogen) atoms. The fourth-order valence-electron chi connectivity index (χ4n) is 1.08. The summed E-state index contributed by atoms with van der Waals surface area (Å²) in [4.78, 5) is 2.76. The molecule has 2 aromatic rings. The molecule has 0 nitrogen and oxygen atoms in total. The molecule has 1 aromatic carbocycles. The number of benzene rings is 1. The molecular formula is C10H9IS2. The summed E-state index contributed by atoms with van der Waals surface area (Å²) in [6.45, 7) is 2.15. The first-order valence-corrected chi connectivity index (χ1v) is 5.96. The van der Waals surface area contributed by atoms with Crippen LogP contribution in [0.1, 0.15) is 4.88 Å². The number of hydrogen-bond donors (Lipinski definition) is 0. The van der Waals surface area contributed by atoms with Crippen LogP contribution in [0.3, 0.4) is 0 Å². The smallest absolute Gasteiger partial charge is 0.300 e. The van der Waals surface area contributed by atoms with E-state index in [1.807, 2.05) is 26.7 Å².